The summed E-state index contributed by atoms with van der Waals surface area (Å²) in [5, 5.41) is 9.28. The van der Waals surface area contributed by atoms with Crippen molar-refractivity contribution in [2.24, 2.45) is 5.92 Å². The van der Waals surface area contributed by atoms with Crippen LogP contribution in [0.5, 0.6) is 0 Å². The number of hydrogen-bond donors (Lipinski definition) is 2. The quantitative estimate of drug-likeness (QED) is 0.835. The molecule has 6 heteroatoms. The van der Waals surface area contributed by atoms with E-state index in [1.165, 1.54) is 0 Å². The molecule has 2 rings (SSSR count). The highest BCUT2D eigenvalue weighted by molar-refractivity contribution is 7.89. The minimum absolute atomic E-state index is 0.0787. The van der Waals surface area contributed by atoms with E-state index in [1.54, 1.807) is 16.8 Å². The number of aliphatic hydroxyl groups is 1. The molecular formula is C13H22N2O3S. The number of sulfonamides is 1. The van der Waals surface area contributed by atoms with Crippen molar-refractivity contribution in [2.45, 2.75) is 57.2 Å². The number of rotatable bonds is 6. The van der Waals surface area contributed by atoms with Gasteiger partial charge in [-0.15, -0.1) is 0 Å². The van der Waals surface area contributed by atoms with Crippen LogP contribution in [-0.2, 0) is 16.6 Å². The lowest BCUT2D eigenvalue weighted by Crippen LogP contribution is -2.26. The second-order valence-electron chi connectivity index (χ2n) is 5.46. The first-order valence-electron chi connectivity index (χ1n) is 6.73. The zero-order chi connectivity index (χ0) is 14.2. The van der Waals surface area contributed by atoms with Crippen LogP contribution in [0.4, 0.5) is 0 Å². The van der Waals surface area contributed by atoms with Crippen molar-refractivity contribution in [3.63, 3.8) is 0 Å². The maximum atomic E-state index is 12.2. The number of hydrogen-bond acceptors (Lipinski definition) is 3. The van der Waals surface area contributed by atoms with Crippen molar-refractivity contribution < 1.29 is 13.5 Å². The summed E-state index contributed by atoms with van der Waals surface area (Å²) in [5.41, 5.74) is 0.623. The predicted molar refractivity (Wildman–Crippen MR) is 73.2 cm³/mol. The van der Waals surface area contributed by atoms with Crippen molar-refractivity contribution in [1.82, 2.24) is 9.29 Å². The normalized spacial score (nSPS) is 23.0. The molecule has 0 radical (unpaired) electrons. The van der Waals surface area contributed by atoms with Crippen molar-refractivity contribution in [3.8, 4) is 0 Å². The molecule has 0 bridgehead atoms. The molecule has 2 N–H and O–H groups in total. The van der Waals surface area contributed by atoms with Gasteiger partial charge in [0.2, 0.25) is 10.0 Å². The van der Waals surface area contributed by atoms with Crippen LogP contribution in [0.25, 0.3) is 0 Å². The van der Waals surface area contributed by atoms with E-state index in [-0.39, 0.29) is 23.6 Å². The van der Waals surface area contributed by atoms with Gasteiger partial charge in [-0.3, -0.25) is 0 Å². The fourth-order valence-corrected chi connectivity index (χ4v) is 3.73. The van der Waals surface area contributed by atoms with Gasteiger partial charge in [-0.05, 0) is 32.3 Å². The third kappa shape index (κ3) is 3.01. The topological polar surface area (TPSA) is 71.3 Å². The molecule has 0 aromatic carbocycles. The molecule has 1 aliphatic rings. The fourth-order valence-electron chi connectivity index (χ4n) is 2.36. The summed E-state index contributed by atoms with van der Waals surface area (Å²) in [6.45, 7) is 5.82. The van der Waals surface area contributed by atoms with Gasteiger partial charge in [0.1, 0.15) is 0 Å². The first-order chi connectivity index (χ1) is 8.89. The number of aliphatic hydroxyl groups excluding tert-OH is 1. The Bertz CT molecular complexity index is 548. The molecule has 1 aliphatic carbocycles. The van der Waals surface area contributed by atoms with Gasteiger partial charge in [-0.2, -0.15) is 0 Å². The summed E-state index contributed by atoms with van der Waals surface area (Å²) < 4.78 is 29.0. The molecule has 0 saturated heterocycles. The summed E-state index contributed by atoms with van der Waals surface area (Å²) in [6.07, 6.45) is 3.53. The molecule has 1 heterocycles. The third-order valence-electron chi connectivity index (χ3n) is 3.69. The lowest BCUT2D eigenvalue weighted by Gasteiger charge is -2.10. The van der Waals surface area contributed by atoms with Crippen LogP contribution in [-0.4, -0.2) is 24.1 Å². The average molecular weight is 286 g/mol. The van der Waals surface area contributed by atoms with E-state index >= 15 is 0 Å². The second-order valence-corrected chi connectivity index (χ2v) is 7.17. The van der Waals surface area contributed by atoms with E-state index in [0.717, 1.165) is 12.8 Å². The van der Waals surface area contributed by atoms with Crippen LogP contribution in [0.15, 0.2) is 17.2 Å². The van der Waals surface area contributed by atoms with Crippen molar-refractivity contribution in [3.05, 3.63) is 18.0 Å². The van der Waals surface area contributed by atoms with Gasteiger partial charge >= 0.3 is 0 Å². The Labute approximate surface area is 114 Å². The van der Waals surface area contributed by atoms with Gasteiger partial charge in [0, 0.05) is 24.0 Å². The molecule has 1 aromatic rings. The van der Waals surface area contributed by atoms with E-state index in [1.807, 2.05) is 13.8 Å². The zero-order valence-corrected chi connectivity index (χ0v) is 12.4. The smallest absolute Gasteiger partial charge is 0.242 e. The highest BCUT2D eigenvalue weighted by Gasteiger charge is 2.38. The molecule has 2 atom stereocenters. The van der Waals surface area contributed by atoms with Gasteiger partial charge in [0.15, 0.2) is 0 Å². The summed E-state index contributed by atoms with van der Waals surface area (Å²) in [5.74, 6) is 0.472. The first-order valence-corrected chi connectivity index (χ1v) is 8.21. The molecule has 0 aliphatic heterocycles. The van der Waals surface area contributed by atoms with Crippen LogP contribution in [0.3, 0.4) is 0 Å². The summed E-state index contributed by atoms with van der Waals surface area (Å²) in [6, 6.07) is 1.75. The van der Waals surface area contributed by atoms with Crippen LogP contribution in [0.1, 0.15) is 45.3 Å². The lowest BCUT2D eigenvalue weighted by atomic mass is 10.3. The van der Waals surface area contributed by atoms with Gasteiger partial charge in [-0.1, -0.05) is 13.3 Å². The highest BCUT2D eigenvalue weighted by atomic mass is 32.2. The first kappa shape index (κ1) is 14.6. The van der Waals surface area contributed by atoms with Crippen LogP contribution in [0, 0.1) is 5.92 Å². The minimum Gasteiger partial charge on any atom is -0.390 e. The molecule has 108 valence electrons. The standard InChI is InChI=1S/C13H22N2O3S/c1-4-10-5-13(10)14-19(17,18)12-6-11(8-16)15(7-12)9(2)3/h6-7,9-10,13-14,16H,4-5,8H2,1-3H3. The second kappa shape index (κ2) is 5.26. The molecule has 2 unspecified atom stereocenters. The van der Waals surface area contributed by atoms with Crippen LogP contribution in [0.2, 0.25) is 0 Å². The van der Waals surface area contributed by atoms with Gasteiger partial charge in [-0.25, -0.2) is 13.1 Å². The average Bonchev–Trinajstić information content (AvgIpc) is 2.92. The predicted octanol–water partition coefficient (Wildman–Crippen LogP) is 1.64. The summed E-state index contributed by atoms with van der Waals surface area (Å²) >= 11 is 0. The Kier molecular flexibility index (Phi) is 4.03. The molecule has 19 heavy (non-hydrogen) atoms. The monoisotopic (exact) mass is 286 g/mol. The van der Waals surface area contributed by atoms with Gasteiger partial charge < -0.3 is 9.67 Å². The van der Waals surface area contributed by atoms with Gasteiger partial charge in [0.25, 0.3) is 0 Å². The van der Waals surface area contributed by atoms with Crippen molar-refractivity contribution in [2.75, 3.05) is 0 Å². The van der Waals surface area contributed by atoms with E-state index in [2.05, 4.69) is 11.6 Å². The van der Waals surface area contributed by atoms with Crippen LogP contribution >= 0.6 is 0 Å². The molecular weight excluding hydrogens is 264 g/mol. The molecule has 1 fully saturated rings. The third-order valence-corrected chi connectivity index (χ3v) is 5.15. The summed E-state index contributed by atoms with van der Waals surface area (Å²) in [7, 11) is -3.47. The minimum atomic E-state index is -3.47. The van der Waals surface area contributed by atoms with Crippen LogP contribution < -0.4 is 4.72 Å². The Hall–Kier alpha value is -0.850. The Morgan fingerprint density at radius 1 is 1.53 bits per heavy atom. The largest absolute Gasteiger partial charge is 0.390 e. The molecule has 0 amide bonds. The van der Waals surface area contributed by atoms with E-state index < -0.39 is 10.0 Å². The molecule has 5 nitrogen and oxygen atoms in total. The SMILES string of the molecule is CCC1CC1NS(=O)(=O)c1cc(CO)n(C(C)C)c1. The summed E-state index contributed by atoms with van der Waals surface area (Å²) in [4.78, 5) is 0.243. The van der Waals surface area contributed by atoms with Crippen molar-refractivity contribution in [1.29, 1.82) is 0 Å². The Balaban J connectivity index is 2.21. The molecule has 1 saturated carbocycles. The van der Waals surface area contributed by atoms with E-state index in [0.29, 0.717) is 11.6 Å². The maximum Gasteiger partial charge on any atom is 0.242 e. The lowest BCUT2D eigenvalue weighted by molar-refractivity contribution is 0.268. The Morgan fingerprint density at radius 3 is 2.63 bits per heavy atom. The number of aromatic nitrogens is 1. The van der Waals surface area contributed by atoms with E-state index in [4.69, 9.17) is 0 Å². The number of nitrogens with one attached hydrogen (secondary N) is 1. The zero-order valence-electron chi connectivity index (χ0n) is 11.6. The molecule has 1 aromatic heterocycles. The number of nitrogens with zero attached hydrogens (tertiary/aromatic N) is 1. The Morgan fingerprint density at radius 2 is 2.21 bits per heavy atom. The van der Waals surface area contributed by atoms with E-state index in [9.17, 15) is 13.5 Å². The maximum absolute atomic E-state index is 12.2. The van der Waals surface area contributed by atoms with Gasteiger partial charge in [0.05, 0.1) is 11.5 Å². The van der Waals surface area contributed by atoms with Crippen molar-refractivity contribution >= 4 is 10.0 Å². The fraction of sp³-hybridized carbons (Fsp3) is 0.692. The molecule has 0 spiro atoms. The highest BCUT2D eigenvalue weighted by Crippen LogP contribution is 2.34.